The first-order valence-electron chi connectivity index (χ1n) is 12.5. The maximum Gasteiger partial charge on any atom is 0.254 e. The van der Waals surface area contributed by atoms with Crippen LogP contribution in [0.5, 0.6) is 0 Å². The average molecular weight is 489 g/mol. The Labute approximate surface area is 213 Å². The predicted molar refractivity (Wildman–Crippen MR) is 137 cm³/mol. The number of methoxy groups -OCH3 is 2. The van der Waals surface area contributed by atoms with E-state index in [9.17, 15) is 0 Å². The van der Waals surface area contributed by atoms with Gasteiger partial charge in [0.25, 0.3) is 6.33 Å². The Morgan fingerprint density at radius 3 is 1.76 bits per heavy atom. The quantitative estimate of drug-likeness (QED) is 0.523. The molecule has 1 aromatic heterocycles. The molecule has 3 rings (SSSR count). The molecule has 0 N–H and O–H groups in total. The smallest absolute Gasteiger partial charge is 0.254 e. The molecule has 0 aromatic carbocycles. The summed E-state index contributed by atoms with van der Waals surface area (Å²) >= 11 is 0. The predicted octanol–water partition coefficient (Wildman–Crippen LogP) is 3.52. The minimum absolute atomic E-state index is 0. The zero-order chi connectivity index (χ0) is 24.6. The number of aromatic nitrogens is 2. The summed E-state index contributed by atoms with van der Waals surface area (Å²) in [6, 6.07) is 0. The standard InChI is InChI=1S/C29H45N2O2.ClH/c1-20(2)24-17-28(32-9,22(5)6)13-11-26(24)30-15-16-31(19-30)27-12-14-29(33-10,23(7)8)18-25(27)21(3)4;/h11-16,19-23H,17-18H2,1-10H3;1H/q+1;/p-1. The van der Waals surface area contributed by atoms with Crippen LogP contribution in [-0.4, -0.2) is 30.0 Å². The minimum atomic E-state index is -0.230. The van der Waals surface area contributed by atoms with Crippen LogP contribution in [0, 0.1) is 23.7 Å². The normalized spacial score (nSPS) is 25.4. The number of halogens is 1. The van der Waals surface area contributed by atoms with E-state index in [0.717, 1.165) is 12.8 Å². The number of allylic oxidation sites excluding steroid dienone is 4. The van der Waals surface area contributed by atoms with Crippen LogP contribution in [0.4, 0.5) is 0 Å². The third-order valence-corrected chi connectivity index (χ3v) is 7.94. The molecule has 0 aliphatic heterocycles. The van der Waals surface area contributed by atoms with Crippen molar-refractivity contribution in [2.75, 3.05) is 14.2 Å². The third kappa shape index (κ3) is 5.15. The molecular formula is C29H45ClN2O2. The van der Waals surface area contributed by atoms with Crippen molar-refractivity contribution < 1.29 is 26.4 Å². The lowest BCUT2D eigenvalue weighted by Gasteiger charge is -2.38. The Hall–Kier alpha value is -1.62. The van der Waals surface area contributed by atoms with Gasteiger partial charge in [0, 0.05) is 27.1 Å². The molecule has 2 unspecified atom stereocenters. The monoisotopic (exact) mass is 488 g/mol. The van der Waals surface area contributed by atoms with Crippen LogP contribution < -0.4 is 17.0 Å². The molecule has 1 heterocycles. The number of nitrogens with zero attached hydrogens (tertiary/aromatic N) is 2. The molecule has 34 heavy (non-hydrogen) atoms. The summed E-state index contributed by atoms with van der Waals surface area (Å²) in [4.78, 5) is 0. The van der Waals surface area contributed by atoms with E-state index in [1.54, 1.807) is 0 Å². The Bertz CT molecular complexity index is 904. The Morgan fingerprint density at radius 2 is 1.29 bits per heavy atom. The van der Waals surface area contributed by atoms with Gasteiger partial charge in [-0.2, -0.15) is 0 Å². The van der Waals surface area contributed by atoms with E-state index in [4.69, 9.17) is 9.47 Å². The molecule has 0 amide bonds. The van der Waals surface area contributed by atoms with E-state index in [-0.39, 0.29) is 23.6 Å². The average Bonchev–Trinajstić information content (AvgIpc) is 3.27. The number of hydrogen-bond acceptors (Lipinski definition) is 2. The van der Waals surface area contributed by atoms with Gasteiger partial charge in [0.2, 0.25) is 0 Å². The van der Waals surface area contributed by atoms with Gasteiger partial charge in [-0.1, -0.05) is 55.4 Å². The van der Waals surface area contributed by atoms with Gasteiger partial charge in [0.15, 0.2) is 0 Å². The van der Waals surface area contributed by atoms with Gasteiger partial charge in [-0.05, 0) is 59.1 Å². The highest BCUT2D eigenvalue weighted by molar-refractivity contribution is 5.65. The van der Waals surface area contributed by atoms with Crippen molar-refractivity contribution in [2.24, 2.45) is 23.7 Å². The molecular weight excluding hydrogens is 444 g/mol. The molecule has 2 atom stereocenters. The van der Waals surface area contributed by atoms with Gasteiger partial charge in [0.05, 0.1) is 11.2 Å². The SMILES string of the molecule is COC1(C(C)C)C=CC(n2cc[n+](C3=C(C(C)C)CC(OC)(C(C)C)C=C3)c2)=C(C(C)C)C1.[Cl-]. The second kappa shape index (κ2) is 11.0. The van der Waals surface area contributed by atoms with Crippen molar-refractivity contribution in [1.29, 1.82) is 0 Å². The van der Waals surface area contributed by atoms with Gasteiger partial charge in [0.1, 0.15) is 23.8 Å². The Kier molecular flexibility index (Phi) is 9.23. The molecule has 0 spiro atoms. The van der Waals surface area contributed by atoms with Gasteiger partial charge in [-0.25, -0.2) is 9.13 Å². The Morgan fingerprint density at radius 1 is 0.794 bits per heavy atom. The van der Waals surface area contributed by atoms with Crippen molar-refractivity contribution in [2.45, 2.75) is 79.4 Å². The highest BCUT2D eigenvalue weighted by Crippen LogP contribution is 2.41. The van der Waals surface area contributed by atoms with Crippen LogP contribution in [0.2, 0.25) is 0 Å². The lowest BCUT2D eigenvalue weighted by atomic mass is 9.77. The molecule has 2 aliphatic carbocycles. The van der Waals surface area contributed by atoms with E-state index in [2.05, 4.69) is 108 Å². The summed E-state index contributed by atoms with van der Waals surface area (Å²) in [5, 5.41) is 0. The fraction of sp³-hybridized carbons (Fsp3) is 0.621. The van der Waals surface area contributed by atoms with E-state index < -0.39 is 0 Å². The zero-order valence-electron chi connectivity index (χ0n) is 22.9. The molecule has 1 aromatic rings. The number of hydrogen-bond donors (Lipinski definition) is 0. The highest BCUT2D eigenvalue weighted by atomic mass is 35.5. The van der Waals surface area contributed by atoms with Crippen LogP contribution in [0.15, 0.2) is 54.2 Å². The van der Waals surface area contributed by atoms with Crippen molar-refractivity contribution in [3.8, 4) is 0 Å². The van der Waals surface area contributed by atoms with Gasteiger partial charge in [-0.3, -0.25) is 0 Å². The van der Waals surface area contributed by atoms with E-state index in [1.807, 2.05) is 14.2 Å². The van der Waals surface area contributed by atoms with E-state index in [0.29, 0.717) is 23.7 Å². The summed E-state index contributed by atoms with van der Waals surface area (Å²) in [6.45, 7) is 18.1. The summed E-state index contributed by atoms with van der Waals surface area (Å²) in [5.41, 5.74) is 4.93. The molecule has 190 valence electrons. The number of rotatable bonds is 8. The fourth-order valence-corrected chi connectivity index (χ4v) is 5.24. The maximum absolute atomic E-state index is 6.03. The molecule has 0 radical (unpaired) electrons. The molecule has 2 aliphatic rings. The Balaban J connectivity index is 0.00000408. The number of ether oxygens (including phenoxy) is 2. The van der Waals surface area contributed by atoms with Crippen molar-refractivity contribution in [3.63, 3.8) is 0 Å². The highest BCUT2D eigenvalue weighted by Gasteiger charge is 2.39. The molecule has 5 heteroatoms. The van der Waals surface area contributed by atoms with E-state index in [1.165, 1.54) is 22.5 Å². The van der Waals surface area contributed by atoms with E-state index >= 15 is 0 Å². The third-order valence-electron chi connectivity index (χ3n) is 7.94. The van der Waals surface area contributed by atoms with Crippen LogP contribution in [-0.2, 0) is 9.47 Å². The summed E-state index contributed by atoms with van der Waals surface area (Å²) in [7, 11) is 3.67. The number of imidazole rings is 1. The zero-order valence-corrected chi connectivity index (χ0v) is 23.6. The first kappa shape index (κ1) is 28.6. The molecule has 4 nitrogen and oxygen atoms in total. The molecule has 0 bridgehead atoms. The van der Waals surface area contributed by atoms with Gasteiger partial charge < -0.3 is 21.9 Å². The molecule has 0 fully saturated rings. The first-order valence-corrected chi connectivity index (χ1v) is 12.5. The van der Waals surface area contributed by atoms with Crippen molar-refractivity contribution in [3.05, 3.63) is 54.2 Å². The summed E-state index contributed by atoms with van der Waals surface area (Å²) in [6.07, 6.45) is 17.5. The largest absolute Gasteiger partial charge is 1.00 e. The fourth-order valence-electron chi connectivity index (χ4n) is 5.24. The van der Waals surface area contributed by atoms with Gasteiger partial charge >= 0.3 is 0 Å². The van der Waals surface area contributed by atoms with Crippen LogP contribution in [0.3, 0.4) is 0 Å². The van der Waals surface area contributed by atoms with Crippen LogP contribution >= 0.6 is 0 Å². The first-order chi connectivity index (χ1) is 15.5. The van der Waals surface area contributed by atoms with Crippen molar-refractivity contribution >= 4 is 11.4 Å². The van der Waals surface area contributed by atoms with Crippen molar-refractivity contribution in [1.82, 2.24) is 4.57 Å². The topological polar surface area (TPSA) is 27.3 Å². The second-order valence-electron chi connectivity index (χ2n) is 11.0. The second-order valence-corrected chi connectivity index (χ2v) is 11.0. The minimum Gasteiger partial charge on any atom is -1.00 e. The lowest BCUT2D eigenvalue weighted by molar-refractivity contribution is -0.578. The van der Waals surface area contributed by atoms with Gasteiger partial charge in [-0.15, -0.1) is 0 Å². The molecule has 0 saturated carbocycles. The summed E-state index contributed by atoms with van der Waals surface area (Å²) in [5.74, 6) is 1.72. The molecule has 0 saturated heterocycles. The van der Waals surface area contributed by atoms with Crippen LogP contribution in [0.1, 0.15) is 68.2 Å². The maximum atomic E-state index is 6.03. The van der Waals surface area contributed by atoms with Crippen LogP contribution in [0.25, 0.3) is 11.4 Å². The summed E-state index contributed by atoms with van der Waals surface area (Å²) < 4.78 is 16.6. The lowest BCUT2D eigenvalue weighted by Crippen LogP contribution is -3.00.